The van der Waals surface area contributed by atoms with Crippen LogP contribution in [0, 0.1) is 13.8 Å². The highest BCUT2D eigenvalue weighted by Gasteiger charge is 2.12. The lowest BCUT2D eigenvalue weighted by molar-refractivity contribution is 0.102. The van der Waals surface area contributed by atoms with E-state index in [1.54, 1.807) is 18.2 Å². The molecule has 4 heteroatoms. The second kappa shape index (κ2) is 5.02. The summed E-state index contributed by atoms with van der Waals surface area (Å²) in [4.78, 5) is 12.2. The first-order chi connectivity index (χ1) is 8.99. The van der Waals surface area contributed by atoms with Crippen LogP contribution >= 0.6 is 0 Å². The van der Waals surface area contributed by atoms with E-state index in [9.17, 15) is 4.79 Å². The Morgan fingerprint density at radius 2 is 1.68 bits per heavy atom. The molecule has 2 rings (SSSR count). The molecular weight excluding hydrogens is 238 g/mol. The molecule has 0 saturated heterocycles. The average Bonchev–Trinajstić information content (AvgIpc) is 2.33. The fraction of sp³-hybridized carbons (Fsp3) is 0.133. The number of rotatable bonds is 2. The van der Waals surface area contributed by atoms with Crippen LogP contribution in [0.5, 0.6) is 0 Å². The number of hydrogen-bond donors (Lipinski definition) is 3. The number of carbonyl (C=O) groups excluding carboxylic acids is 1. The zero-order valence-electron chi connectivity index (χ0n) is 11.0. The summed E-state index contributed by atoms with van der Waals surface area (Å²) >= 11 is 0. The molecule has 0 fully saturated rings. The zero-order valence-corrected chi connectivity index (χ0v) is 11.0. The van der Waals surface area contributed by atoms with Crippen LogP contribution in [0.1, 0.15) is 21.5 Å². The predicted octanol–water partition coefficient (Wildman–Crippen LogP) is 2.72. The van der Waals surface area contributed by atoms with Gasteiger partial charge in [-0.15, -0.1) is 0 Å². The fourth-order valence-corrected chi connectivity index (χ4v) is 1.98. The molecule has 0 aliphatic heterocycles. The van der Waals surface area contributed by atoms with Crippen LogP contribution in [0.3, 0.4) is 0 Å². The number of carbonyl (C=O) groups is 1. The summed E-state index contributed by atoms with van der Waals surface area (Å²) in [6, 6.07) is 10.7. The molecule has 5 N–H and O–H groups in total. The van der Waals surface area contributed by atoms with Crippen LogP contribution in [0.25, 0.3) is 0 Å². The Morgan fingerprint density at radius 1 is 1.05 bits per heavy atom. The largest absolute Gasteiger partial charge is 0.399 e. The van der Waals surface area contributed by atoms with Crippen molar-refractivity contribution in [2.75, 3.05) is 16.8 Å². The van der Waals surface area contributed by atoms with Crippen LogP contribution in [-0.4, -0.2) is 5.91 Å². The topological polar surface area (TPSA) is 81.1 Å². The standard InChI is InChI=1S/C15H17N3O/c1-9-4-3-5-10(2)14(9)18-15(19)12-7-6-11(16)8-13(12)17/h3-8H,16-17H2,1-2H3,(H,18,19). The smallest absolute Gasteiger partial charge is 0.257 e. The Morgan fingerprint density at radius 3 is 2.26 bits per heavy atom. The molecule has 0 atom stereocenters. The molecule has 0 heterocycles. The van der Waals surface area contributed by atoms with E-state index in [0.29, 0.717) is 16.9 Å². The lowest BCUT2D eigenvalue weighted by Gasteiger charge is -2.12. The highest BCUT2D eigenvalue weighted by molar-refractivity contribution is 6.08. The molecule has 98 valence electrons. The van der Waals surface area contributed by atoms with Crippen LogP contribution in [0.15, 0.2) is 36.4 Å². The Hall–Kier alpha value is -2.49. The van der Waals surface area contributed by atoms with E-state index >= 15 is 0 Å². The van der Waals surface area contributed by atoms with E-state index in [-0.39, 0.29) is 5.91 Å². The number of para-hydroxylation sites is 1. The van der Waals surface area contributed by atoms with Gasteiger partial charge in [-0.3, -0.25) is 4.79 Å². The molecular formula is C15H17N3O. The van der Waals surface area contributed by atoms with Crippen LogP contribution in [0.2, 0.25) is 0 Å². The Labute approximate surface area is 112 Å². The summed E-state index contributed by atoms with van der Waals surface area (Å²) in [6.07, 6.45) is 0. The first-order valence-corrected chi connectivity index (χ1v) is 6.01. The molecule has 0 aromatic heterocycles. The fourth-order valence-electron chi connectivity index (χ4n) is 1.98. The highest BCUT2D eigenvalue weighted by Crippen LogP contribution is 2.22. The summed E-state index contributed by atoms with van der Waals surface area (Å²) < 4.78 is 0. The van der Waals surface area contributed by atoms with Gasteiger partial charge in [0, 0.05) is 17.1 Å². The number of anilines is 3. The van der Waals surface area contributed by atoms with Crippen molar-refractivity contribution in [1.29, 1.82) is 0 Å². The Balaban J connectivity index is 2.31. The monoisotopic (exact) mass is 255 g/mol. The lowest BCUT2D eigenvalue weighted by atomic mass is 10.1. The molecule has 0 spiro atoms. The van der Waals surface area contributed by atoms with Crippen LogP contribution in [-0.2, 0) is 0 Å². The third-order valence-corrected chi connectivity index (χ3v) is 3.04. The average molecular weight is 255 g/mol. The number of aryl methyl sites for hydroxylation is 2. The zero-order chi connectivity index (χ0) is 14.0. The Bertz CT molecular complexity index is 615. The van der Waals surface area contributed by atoms with Crippen molar-refractivity contribution in [3.05, 3.63) is 53.1 Å². The maximum atomic E-state index is 12.2. The molecule has 2 aromatic rings. The molecule has 0 radical (unpaired) electrons. The molecule has 0 aliphatic carbocycles. The number of hydrogen-bond acceptors (Lipinski definition) is 3. The van der Waals surface area contributed by atoms with Gasteiger partial charge in [-0.1, -0.05) is 18.2 Å². The second-order valence-corrected chi connectivity index (χ2v) is 4.57. The lowest BCUT2D eigenvalue weighted by Crippen LogP contribution is -2.15. The van der Waals surface area contributed by atoms with Crippen molar-refractivity contribution in [1.82, 2.24) is 0 Å². The highest BCUT2D eigenvalue weighted by atomic mass is 16.1. The van der Waals surface area contributed by atoms with E-state index in [1.807, 2.05) is 32.0 Å². The molecule has 0 unspecified atom stereocenters. The van der Waals surface area contributed by atoms with Crippen LogP contribution < -0.4 is 16.8 Å². The van der Waals surface area contributed by atoms with Gasteiger partial charge in [-0.25, -0.2) is 0 Å². The number of nitrogens with one attached hydrogen (secondary N) is 1. The molecule has 0 bridgehead atoms. The Kier molecular flexibility index (Phi) is 3.42. The molecule has 4 nitrogen and oxygen atoms in total. The minimum Gasteiger partial charge on any atom is -0.399 e. The van der Waals surface area contributed by atoms with Crippen molar-refractivity contribution in [3.63, 3.8) is 0 Å². The van der Waals surface area contributed by atoms with Gasteiger partial charge in [0.25, 0.3) is 5.91 Å². The van der Waals surface area contributed by atoms with Gasteiger partial charge >= 0.3 is 0 Å². The van der Waals surface area contributed by atoms with Crippen molar-refractivity contribution in [3.8, 4) is 0 Å². The van der Waals surface area contributed by atoms with Crippen molar-refractivity contribution >= 4 is 23.0 Å². The number of amides is 1. The molecule has 1 amide bonds. The summed E-state index contributed by atoms with van der Waals surface area (Å²) in [5, 5.41) is 2.90. The van der Waals surface area contributed by atoms with Gasteiger partial charge in [0.05, 0.1) is 5.56 Å². The third kappa shape index (κ3) is 2.68. The summed E-state index contributed by atoms with van der Waals surface area (Å²) in [7, 11) is 0. The SMILES string of the molecule is Cc1cccc(C)c1NC(=O)c1ccc(N)cc1N. The minimum atomic E-state index is -0.227. The summed E-state index contributed by atoms with van der Waals surface area (Å²) in [5.74, 6) is -0.227. The van der Waals surface area contributed by atoms with Gasteiger partial charge in [-0.05, 0) is 43.2 Å². The molecule has 0 saturated carbocycles. The quantitative estimate of drug-likeness (QED) is 0.722. The van der Waals surface area contributed by atoms with E-state index in [4.69, 9.17) is 11.5 Å². The van der Waals surface area contributed by atoms with E-state index in [0.717, 1.165) is 16.8 Å². The van der Waals surface area contributed by atoms with Gasteiger partial charge in [0.2, 0.25) is 0 Å². The third-order valence-electron chi connectivity index (χ3n) is 3.04. The van der Waals surface area contributed by atoms with Crippen molar-refractivity contribution < 1.29 is 4.79 Å². The molecule has 0 aliphatic rings. The summed E-state index contributed by atoms with van der Waals surface area (Å²) in [5.41, 5.74) is 15.6. The van der Waals surface area contributed by atoms with E-state index < -0.39 is 0 Å². The predicted molar refractivity (Wildman–Crippen MR) is 79.1 cm³/mol. The number of nitrogen functional groups attached to an aromatic ring is 2. The van der Waals surface area contributed by atoms with Crippen molar-refractivity contribution in [2.45, 2.75) is 13.8 Å². The number of nitrogens with two attached hydrogens (primary N) is 2. The van der Waals surface area contributed by atoms with Crippen molar-refractivity contribution in [2.24, 2.45) is 0 Å². The normalized spacial score (nSPS) is 10.2. The second-order valence-electron chi connectivity index (χ2n) is 4.57. The maximum absolute atomic E-state index is 12.2. The van der Waals surface area contributed by atoms with E-state index in [1.165, 1.54) is 0 Å². The number of benzene rings is 2. The van der Waals surface area contributed by atoms with Gasteiger partial charge in [-0.2, -0.15) is 0 Å². The first-order valence-electron chi connectivity index (χ1n) is 6.01. The van der Waals surface area contributed by atoms with Gasteiger partial charge < -0.3 is 16.8 Å². The minimum absolute atomic E-state index is 0.227. The van der Waals surface area contributed by atoms with Gasteiger partial charge in [0.15, 0.2) is 0 Å². The molecule has 19 heavy (non-hydrogen) atoms. The first kappa shape index (κ1) is 13.0. The summed E-state index contributed by atoms with van der Waals surface area (Å²) in [6.45, 7) is 3.91. The van der Waals surface area contributed by atoms with Crippen LogP contribution in [0.4, 0.5) is 17.1 Å². The molecule has 2 aromatic carbocycles. The van der Waals surface area contributed by atoms with Gasteiger partial charge in [0.1, 0.15) is 0 Å². The maximum Gasteiger partial charge on any atom is 0.257 e. The van der Waals surface area contributed by atoms with E-state index in [2.05, 4.69) is 5.32 Å².